The second-order valence-corrected chi connectivity index (χ2v) is 6.44. The highest BCUT2D eigenvalue weighted by molar-refractivity contribution is 6.08. The summed E-state index contributed by atoms with van der Waals surface area (Å²) in [5.41, 5.74) is 3.99. The van der Waals surface area contributed by atoms with Crippen LogP contribution < -0.4 is 30.1 Å². The van der Waals surface area contributed by atoms with Gasteiger partial charge in [-0.3, -0.25) is 0 Å². The van der Waals surface area contributed by atoms with Gasteiger partial charge in [-0.1, -0.05) is 24.3 Å². The summed E-state index contributed by atoms with van der Waals surface area (Å²) in [4.78, 5) is 4.07. The van der Waals surface area contributed by atoms with Gasteiger partial charge in [0.05, 0.1) is 6.33 Å². The summed E-state index contributed by atoms with van der Waals surface area (Å²) in [5, 5.41) is 6.26. The lowest BCUT2D eigenvalue weighted by Gasteiger charge is -2.07. The molecule has 0 radical (unpaired) electrons. The predicted octanol–water partition coefficient (Wildman–Crippen LogP) is -1.80. The maximum atomic E-state index is 4.07. The third-order valence-electron chi connectivity index (χ3n) is 4.81. The zero-order valence-corrected chi connectivity index (χ0v) is 16.9. The van der Waals surface area contributed by atoms with Crippen molar-refractivity contribution in [3.63, 3.8) is 0 Å². The quantitative estimate of drug-likeness (QED) is 0.370. The molecule has 27 heavy (non-hydrogen) atoms. The van der Waals surface area contributed by atoms with Crippen molar-refractivity contribution in [1.29, 1.82) is 0 Å². The van der Waals surface area contributed by atoms with E-state index >= 15 is 0 Å². The normalized spacial score (nSPS) is 10.7. The smallest absolute Gasteiger partial charge is 0.0945 e. The molecule has 2 aromatic carbocycles. The number of halogens is 2. The van der Waals surface area contributed by atoms with Crippen LogP contribution in [-0.2, 0) is 19.6 Å². The molecule has 4 aromatic rings. The highest BCUT2D eigenvalue weighted by Crippen LogP contribution is 2.29. The summed E-state index contributed by atoms with van der Waals surface area (Å²) < 4.78 is 4.51. The van der Waals surface area contributed by atoms with Crippen LogP contribution in [-0.4, -0.2) is 20.7 Å². The fourth-order valence-corrected chi connectivity index (χ4v) is 3.59. The number of hydrogen-bond acceptors (Lipinski definition) is 2. The molecule has 2 heterocycles. The summed E-state index contributed by atoms with van der Waals surface area (Å²) in [7, 11) is 0. The number of aryl methyl sites for hydroxylation is 2. The molecule has 0 aliphatic heterocycles. The molecule has 4 rings (SSSR count). The topological polar surface area (TPSA) is 34.8 Å². The molecule has 0 amide bonds. The number of nitrogens with one attached hydrogen (secondary N) is 1. The zero-order valence-electron chi connectivity index (χ0n) is 15.4. The average molecular weight is 403 g/mol. The predicted molar refractivity (Wildman–Crippen MR) is 104 cm³/mol. The Morgan fingerprint density at radius 3 is 2.59 bits per heavy atom. The molecule has 0 saturated heterocycles. The van der Waals surface area contributed by atoms with Gasteiger partial charge in [-0.25, -0.2) is 4.98 Å². The number of aromatic nitrogens is 3. The molecule has 144 valence electrons. The van der Waals surface area contributed by atoms with E-state index in [9.17, 15) is 0 Å². The summed E-state index contributed by atoms with van der Waals surface area (Å²) in [6.45, 7) is 6.13. The lowest BCUT2D eigenvalue weighted by Crippen LogP contribution is -3.00. The minimum absolute atomic E-state index is 0. The van der Waals surface area contributed by atoms with E-state index in [-0.39, 0.29) is 24.8 Å². The van der Waals surface area contributed by atoms with Crippen molar-refractivity contribution in [2.75, 3.05) is 6.54 Å². The van der Waals surface area contributed by atoms with Gasteiger partial charge in [-0.2, -0.15) is 0 Å². The summed E-state index contributed by atoms with van der Waals surface area (Å²) in [5.74, 6) is 0. The van der Waals surface area contributed by atoms with Gasteiger partial charge >= 0.3 is 0 Å². The first kappa shape index (κ1) is 21.3. The average Bonchev–Trinajstić information content (AvgIpc) is 3.27. The Kier molecular flexibility index (Phi) is 7.72. The van der Waals surface area contributed by atoms with E-state index < -0.39 is 0 Å². The molecular formula is C21H24Cl2N4-2. The van der Waals surface area contributed by atoms with E-state index in [0.29, 0.717) is 0 Å². The Hall–Kier alpha value is -2.01. The molecule has 0 saturated carbocycles. The van der Waals surface area contributed by atoms with Crippen LogP contribution in [0.25, 0.3) is 21.8 Å². The van der Waals surface area contributed by atoms with Crippen molar-refractivity contribution in [2.24, 2.45) is 0 Å². The molecule has 2 aromatic heterocycles. The molecule has 4 nitrogen and oxygen atoms in total. The second kappa shape index (κ2) is 9.79. The number of rotatable bonds is 7. The third kappa shape index (κ3) is 4.46. The fourth-order valence-electron chi connectivity index (χ4n) is 3.59. The van der Waals surface area contributed by atoms with Gasteiger partial charge < -0.3 is 39.3 Å². The van der Waals surface area contributed by atoms with E-state index in [0.717, 1.165) is 32.6 Å². The van der Waals surface area contributed by atoms with Crippen LogP contribution in [0.2, 0.25) is 0 Å². The first-order chi connectivity index (χ1) is 12.4. The van der Waals surface area contributed by atoms with Crippen molar-refractivity contribution in [2.45, 2.75) is 33.0 Å². The van der Waals surface area contributed by atoms with Gasteiger partial charge in [-0.05, 0) is 43.7 Å². The van der Waals surface area contributed by atoms with Crippen molar-refractivity contribution < 1.29 is 24.8 Å². The molecule has 0 aliphatic carbocycles. The number of hydrogen-bond donors (Lipinski definition) is 1. The van der Waals surface area contributed by atoms with Gasteiger partial charge in [0.2, 0.25) is 0 Å². The zero-order chi connectivity index (χ0) is 17.1. The number of para-hydroxylation sites is 1. The van der Waals surface area contributed by atoms with Crippen molar-refractivity contribution in [3.05, 3.63) is 66.7 Å². The number of benzene rings is 2. The third-order valence-corrected chi connectivity index (χ3v) is 4.81. The number of fused-ring (bicyclic) bond motifs is 3. The van der Waals surface area contributed by atoms with Gasteiger partial charge in [-0.15, -0.1) is 0 Å². The van der Waals surface area contributed by atoms with Gasteiger partial charge in [0.15, 0.2) is 0 Å². The van der Waals surface area contributed by atoms with Crippen LogP contribution in [0.3, 0.4) is 0 Å². The molecular weight excluding hydrogens is 379 g/mol. The van der Waals surface area contributed by atoms with Crippen molar-refractivity contribution in [3.8, 4) is 0 Å². The van der Waals surface area contributed by atoms with Gasteiger partial charge in [0, 0.05) is 53.8 Å². The highest BCUT2D eigenvalue weighted by Gasteiger charge is 2.09. The maximum Gasteiger partial charge on any atom is 0.0945 e. The second-order valence-electron chi connectivity index (χ2n) is 6.44. The standard InChI is InChI=1S/C21H24N4.2ClH/c1-2-25-20-7-4-3-6-18(20)19-14-17(8-9-21(19)25)15-22-10-5-12-24-13-11-23-16-24;;/h3-4,6-9,11,13-14,16,22H,2,5,10,12,15H2,1H3;2*1H/p-2. The Morgan fingerprint density at radius 1 is 1.00 bits per heavy atom. The summed E-state index contributed by atoms with van der Waals surface area (Å²) >= 11 is 0. The molecule has 6 heteroatoms. The SMILES string of the molecule is CCn1c2ccccc2c2cc(CNCCCn3ccnc3)ccc21.[Cl-].[Cl-]. The van der Waals surface area contributed by atoms with Crippen LogP contribution in [0, 0.1) is 0 Å². The summed E-state index contributed by atoms with van der Waals surface area (Å²) in [6.07, 6.45) is 6.82. The van der Waals surface area contributed by atoms with Crippen LogP contribution in [0.1, 0.15) is 18.9 Å². The lowest BCUT2D eigenvalue weighted by atomic mass is 10.1. The van der Waals surface area contributed by atoms with Crippen molar-refractivity contribution in [1.82, 2.24) is 19.4 Å². The lowest BCUT2D eigenvalue weighted by molar-refractivity contribution is -0.00100. The van der Waals surface area contributed by atoms with Crippen LogP contribution >= 0.6 is 0 Å². The van der Waals surface area contributed by atoms with Crippen LogP contribution in [0.15, 0.2) is 61.2 Å². The number of imidazole rings is 1. The first-order valence-corrected chi connectivity index (χ1v) is 9.03. The Balaban J connectivity index is 0.00000131. The molecule has 0 unspecified atom stereocenters. The maximum absolute atomic E-state index is 4.07. The minimum atomic E-state index is 0. The molecule has 1 N–H and O–H groups in total. The minimum Gasteiger partial charge on any atom is -1.00 e. The van der Waals surface area contributed by atoms with Crippen LogP contribution in [0.4, 0.5) is 0 Å². The Labute approximate surface area is 172 Å². The van der Waals surface area contributed by atoms with E-state index in [4.69, 9.17) is 0 Å². The monoisotopic (exact) mass is 402 g/mol. The summed E-state index contributed by atoms with van der Waals surface area (Å²) in [6, 6.07) is 15.5. The van der Waals surface area contributed by atoms with Gasteiger partial charge in [0.1, 0.15) is 0 Å². The van der Waals surface area contributed by atoms with E-state index in [1.807, 2.05) is 18.7 Å². The van der Waals surface area contributed by atoms with Crippen LogP contribution in [0.5, 0.6) is 0 Å². The Morgan fingerprint density at radius 2 is 1.81 bits per heavy atom. The fraction of sp³-hybridized carbons (Fsp3) is 0.286. The molecule has 0 fully saturated rings. The van der Waals surface area contributed by atoms with E-state index in [1.165, 1.54) is 27.4 Å². The Bertz CT molecular complexity index is 977. The molecule has 0 bridgehead atoms. The number of nitrogens with zero attached hydrogens (tertiary/aromatic N) is 3. The van der Waals surface area contributed by atoms with E-state index in [2.05, 4.69) is 68.8 Å². The van der Waals surface area contributed by atoms with E-state index in [1.54, 1.807) is 0 Å². The van der Waals surface area contributed by atoms with Crippen molar-refractivity contribution >= 4 is 21.8 Å². The first-order valence-electron chi connectivity index (χ1n) is 9.03. The molecule has 0 spiro atoms. The largest absolute Gasteiger partial charge is 1.00 e. The molecule has 0 aliphatic rings. The van der Waals surface area contributed by atoms with Gasteiger partial charge in [0.25, 0.3) is 0 Å². The highest BCUT2D eigenvalue weighted by atomic mass is 35.5. The molecule has 0 atom stereocenters.